The van der Waals surface area contributed by atoms with E-state index in [1.165, 1.54) is 6.20 Å². The number of rotatable bonds is 8. The summed E-state index contributed by atoms with van der Waals surface area (Å²) in [6.07, 6.45) is 8.95. The molecule has 11 nitrogen and oxygen atoms in total. The summed E-state index contributed by atoms with van der Waals surface area (Å²) in [6.45, 7) is 4.94. The molecule has 1 aliphatic heterocycles. The highest BCUT2D eigenvalue weighted by Crippen LogP contribution is 2.33. The van der Waals surface area contributed by atoms with Gasteiger partial charge in [0.05, 0.1) is 35.1 Å². The smallest absolute Gasteiger partial charge is 0.271 e. The maximum Gasteiger partial charge on any atom is 0.271 e. The first-order valence-electron chi connectivity index (χ1n) is 12.6. The van der Waals surface area contributed by atoms with Crippen molar-refractivity contribution in [2.75, 3.05) is 24.6 Å². The molecule has 1 aliphatic carbocycles. The molecule has 4 aromatic rings. The molecule has 0 atom stereocenters. The summed E-state index contributed by atoms with van der Waals surface area (Å²) in [5, 5.41) is 31.4. The second kappa shape index (κ2) is 9.15. The topological polar surface area (TPSA) is 134 Å². The molecule has 194 valence electrons. The number of hydrogen-bond donors (Lipinski definition) is 2. The predicted octanol–water partition coefficient (Wildman–Crippen LogP) is 2.57. The minimum absolute atomic E-state index is 0.110. The molecule has 5 heterocycles. The monoisotopic (exact) mass is 512 g/mol. The van der Waals surface area contributed by atoms with E-state index in [1.54, 1.807) is 36.8 Å². The number of nitrogens with one attached hydrogen (secondary N) is 1. The molecule has 0 spiro atoms. The number of ether oxygens (including phenoxy) is 1. The second-order valence-electron chi connectivity index (χ2n) is 10.5. The molecule has 11 heteroatoms. The summed E-state index contributed by atoms with van der Waals surface area (Å²) in [6, 6.07) is 10.2. The van der Waals surface area contributed by atoms with Gasteiger partial charge in [-0.15, -0.1) is 0 Å². The van der Waals surface area contributed by atoms with Gasteiger partial charge in [-0.25, -0.2) is 9.50 Å². The van der Waals surface area contributed by atoms with E-state index in [2.05, 4.69) is 31.5 Å². The van der Waals surface area contributed by atoms with Crippen LogP contribution in [0.3, 0.4) is 0 Å². The molecule has 2 aliphatic rings. The molecule has 0 bridgehead atoms. The lowest BCUT2D eigenvalue weighted by atomic mass is 10.0. The number of aromatic nitrogens is 5. The van der Waals surface area contributed by atoms with E-state index in [9.17, 15) is 15.2 Å². The van der Waals surface area contributed by atoms with E-state index in [0.29, 0.717) is 28.6 Å². The molecule has 38 heavy (non-hydrogen) atoms. The Morgan fingerprint density at radius 3 is 2.76 bits per heavy atom. The van der Waals surface area contributed by atoms with Gasteiger partial charge in [0.25, 0.3) is 5.91 Å². The van der Waals surface area contributed by atoms with Gasteiger partial charge >= 0.3 is 0 Å². The Labute approximate surface area is 219 Å². The summed E-state index contributed by atoms with van der Waals surface area (Å²) >= 11 is 0. The van der Waals surface area contributed by atoms with Crippen LogP contribution in [-0.2, 0) is 0 Å². The zero-order valence-corrected chi connectivity index (χ0v) is 21.2. The van der Waals surface area contributed by atoms with Crippen molar-refractivity contribution in [1.29, 1.82) is 5.26 Å². The standard InChI is InChI=1S/C27H28N8O3/c1-27(2,37)16-38-21-9-22(25-18(10-28)12-30-35(25)15-21)17-3-6-24(29-11-17)33-13-20(14-33)34-8-7-23(32-34)26(36)31-19-4-5-19/h3,6-9,11-12,15,19-20,37H,4-5,13-14,16H2,1-2H3,(H,31,36). The number of hydrogen-bond acceptors (Lipinski definition) is 8. The van der Waals surface area contributed by atoms with Crippen molar-refractivity contribution < 1.29 is 14.6 Å². The van der Waals surface area contributed by atoms with E-state index in [4.69, 9.17) is 4.74 Å². The zero-order chi connectivity index (χ0) is 26.4. The average Bonchev–Trinajstić information content (AvgIpc) is 3.37. The van der Waals surface area contributed by atoms with Crippen LogP contribution in [0.2, 0.25) is 0 Å². The number of nitrogens with zero attached hydrogens (tertiary/aromatic N) is 7. The fraction of sp³-hybridized carbons (Fsp3) is 0.370. The highest BCUT2D eigenvalue weighted by molar-refractivity contribution is 5.92. The zero-order valence-electron chi connectivity index (χ0n) is 21.2. The summed E-state index contributed by atoms with van der Waals surface area (Å²) in [5.74, 6) is 1.26. The first kappa shape index (κ1) is 23.9. The Morgan fingerprint density at radius 1 is 1.26 bits per heavy atom. The van der Waals surface area contributed by atoms with Crippen molar-refractivity contribution >= 4 is 17.2 Å². The van der Waals surface area contributed by atoms with Gasteiger partial charge in [-0.3, -0.25) is 9.48 Å². The number of carbonyl (C=O) groups excluding carboxylic acids is 1. The van der Waals surface area contributed by atoms with Crippen LogP contribution in [0, 0.1) is 11.3 Å². The molecule has 0 aromatic carbocycles. The third-order valence-corrected chi connectivity index (χ3v) is 6.67. The lowest BCUT2D eigenvalue weighted by molar-refractivity contribution is 0.0283. The van der Waals surface area contributed by atoms with Crippen LogP contribution in [-0.4, -0.2) is 66.7 Å². The summed E-state index contributed by atoms with van der Waals surface area (Å²) < 4.78 is 9.28. The number of aliphatic hydroxyl groups is 1. The highest BCUT2D eigenvalue weighted by atomic mass is 16.5. The van der Waals surface area contributed by atoms with E-state index in [1.807, 2.05) is 29.1 Å². The Morgan fingerprint density at radius 2 is 2.08 bits per heavy atom. The maximum absolute atomic E-state index is 12.2. The van der Waals surface area contributed by atoms with Crippen LogP contribution in [0.5, 0.6) is 5.75 Å². The van der Waals surface area contributed by atoms with E-state index < -0.39 is 5.60 Å². The normalized spacial score (nSPS) is 15.8. The van der Waals surface area contributed by atoms with Gasteiger partial charge in [-0.1, -0.05) is 0 Å². The van der Waals surface area contributed by atoms with Crippen LogP contribution < -0.4 is 15.0 Å². The summed E-state index contributed by atoms with van der Waals surface area (Å²) in [4.78, 5) is 19.1. The van der Waals surface area contributed by atoms with Gasteiger partial charge < -0.3 is 20.1 Å². The van der Waals surface area contributed by atoms with Gasteiger partial charge in [0.1, 0.15) is 29.9 Å². The number of anilines is 1. The SMILES string of the molecule is CC(C)(O)COc1cc(-c2ccc(N3CC(n4ccc(C(=O)NC5CC5)n4)C3)nc2)c2c(C#N)cnn2c1. The minimum atomic E-state index is -0.990. The molecule has 0 unspecified atom stereocenters. The molecular weight excluding hydrogens is 484 g/mol. The fourth-order valence-corrected chi connectivity index (χ4v) is 4.43. The molecule has 4 aromatic heterocycles. The number of amides is 1. The molecule has 1 saturated heterocycles. The quantitative estimate of drug-likeness (QED) is 0.368. The van der Waals surface area contributed by atoms with Gasteiger partial charge in [-0.2, -0.15) is 15.5 Å². The fourth-order valence-electron chi connectivity index (χ4n) is 4.43. The minimum Gasteiger partial charge on any atom is -0.489 e. The van der Waals surface area contributed by atoms with Gasteiger partial charge in [0.2, 0.25) is 0 Å². The predicted molar refractivity (Wildman–Crippen MR) is 139 cm³/mol. The van der Waals surface area contributed by atoms with E-state index in [-0.39, 0.29) is 18.6 Å². The third kappa shape index (κ3) is 4.78. The maximum atomic E-state index is 12.2. The van der Waals surface area contributed by atoms with Crippen LogP contribution in [0.25, 0.3) is 16.6 Å². The van der Waals surface area contributed by atoms with Crippen LogP contribution >= 0.6 is 0 Å². The van der Waals surface area contributed by atoms with Crippen molar-refractivity contribution in [1.82, 2.24) is 29.7 Å². The third-order valence-electron chi connectivity index (χ3n) is 6.67. The van der Waals surface area contributed by atoms with Crippen molar-refractivity contribution in [3.8, 4) is 22.9 Å². The van der Waals surface area contributed by atoms with Gasteiger partial charge in [-0.05, 0) is 51.0 Å². The van der Waals surface area contributed by atoms with Crippen molar-refractivity contribution in [3.05, 3.63) is 60.3 Å². The largest absolute Gasteiger partial charge is 0.489 e. The highest BCUT2D eigenvalue weighted by Gasteiger charge is 2.31. The molecule has 6 rings (SSSR count). The van der Waals surface area contributed by atoms with Crippen LogP contribution in [0.15, 0.2) is 49.1 Å². The molecular formula is C27H28N8O3. The average molecular weight is 513 g/mol. The lowest BCUT2D eigenvalue weighted by Gasteiger charge is -2.40. The van der Waals surface area contributed by atoms with Gasteiger partial charge in [0, 0.05) is 42.7 Å². The molecule has 1 amide bonds. The number of pyridine rings is 2. The number of fused-ring (bicyclic) bond motifs is 1. The lowest BCUT2D eigenvalue weighted by Crippen LogP contribution is -2.48. The second-order valence-corrected chi connectivity index (χ2v) is 10.5. The van der Waals surface area contributed by atoms with Crippen LogP contribution in [0.4, 0.5) is 5.82 Å². The van der Waals surface area contributed by atoms with Crippen LogP contribution in [0.1, 0.15) is 48.8 Å². The summed E-state index contributed by atoms with van der Waals surface area (Å²) in [5.41, 5.74) is 2.17. The molecule has 1 saturated carbocycles. The number of nitriles is 1. The first-order valence-corrected chi connectivity index (χ1v) is 12.6. The Bertz CT molecular complexity index is 1530. The van der Waals surface area contributed by atoms with E-state index >= 15 is 0 Å². The van der Waals surface area contributed by atoms with Crippen molar-refractivity contribution in [2.45, 2.75) is 44.4 Å². The Kier molecular flexibility index (Phi) is 5.76. The molecule has 2 N–H and O–H groups in total. The molecule has 0 radical (unpaired) electrons. The van der Waals surface area contributed by atoms with Gasteiger partial charge in [0.15, 0.2) is 0 Å². The Balaban J connectivity index is 1.18. The molecule has 2 fully saturated rings. The first-order chi connectivity index (χ1) is 18.3. The van der Waals surface area contributed by atoms with Crippen molar-refractivity contribution in [2.24, 2.45) is 0 Å². The van der Waals surface area contributed by atoms with E-state index in [0.717, 1.165) is 42.9 Å². The van der Waals surface area contributed by atoms with Crippen molar-refractivity contribution in [3.63, 3.8) is 0 Å². The summed E-state index contributed by atoms with van der Waals surface area (Å²) in [7, 11) is 0. The Hall–Kier alpha value is -4.43. The number of carbonyl (C=O) groups is 1.